The molecular weight excluding hydrogens is 340 g/mol. The number of hydrogen-bond acceptors (Lipinski definition) is 6. The molecule has 1 saturated heterocycles. The minimum absolute atomic E-state index is 0.0936. The Morgan fingerprint density at radius 1 is 1.28 bits per heavy atom. The first-order valence-corrected chi connectivity index (χ1v) is 8.77. The summed E-state index contributed by atoms with van der Waals surface area (Å²) in [7, 11) is 0. The van der Waals surface area contributed by atoms with Crippen molar-refractivity contribution in [3.8, 4) is 0 Å². The van der Waals surface area contributed by atoms with E-state index in [0.717, 1.165) is 42.5 Å². The standard InChI is InChI=1S/C17H19ClN6O/c1-11-14-15(20-10-12-5-7-19-8-6-12)21-17(18)22-16(14)24(23-11)13-4-2-3-9-25-13/h5-8,13H,2-4,9-10H2,1H3,(H,20,21,22). The van der Waals surface area contributed by atoms with Crippen molar-refractivity contribution >= 4 is 28.5 Å². The average Bonchev–Trinajstić information content (AvgIpc) is 2.98. The summed E-state index contributed by atoms with van der Waals surface area (Å²) in [6.45, 7) is 3.32. The number of aromatic nitrogens is 5. The van der Waals surface area contributed by atoms with Gasteiger partial charge in [0.25, 0.3) is 0 Å². The van der Waals surface area contributed by atoms with Crippen molar-refractivity contribution in [3.05, 3.63) is 41.1 Å². The Kier molecular flexibility index (Phi) is 4.50. The van der Waals surface area contributed by atoms with Crippen molar-refractivity contribution in [1.29, 1.82) is 0 Å². The monoisotopic (exact) mass is 358 g/mol. The minimum Gasteiger partial charge on any atom is -0.365 e. The van der Waals surface area contributed by atoms with E-state index in [1.807, 2.05) is 23.7 Å². The van der Waals surface area contributed by atoms with Crippen molar-refractivity contribution in [2.24, 2.45) is 0 Å². The highest BCUT2D eigenvalue weighted by molar-refractivity contribution is 6.28. The highest BCUT2D eigenvalue weighted by atomic mass is 35.5. The zero-order valence-electron chi connectivity index (χ0n) is 13.9. The van der Waals surface area contributed by atoms with Gasteiger partial charge in [0.1, 0.15) is 5.82 Å². The Morgan fingerprint density at radius 2 is 2.12 bits per heavy atom. The molecule has 1 unspecified atom stereocenters. The fourth-order valence-corrected chi connectivity index (χ4v) is 3.28. The van der Waals surface area contributed by atoms with E-state index in [1.165, 1.54) is 0 Å². The van der Waals surface area contributed by atoms with E-state index in [0.29, 0.717) is 18.0 Å². The largest absolute Gasteiger partial charge is 0.365 e. The molecule has 3 aromatic heterocycles. The lowest BCUT2D eigenvalue weighted by molar-refractivity contribution is -0.0371. The Balaban J connectivity index is 1.70. The first kappa shape index (κ1) is 16.2. The van der Waals surface area contributed by atoms with Crippen LogP contribution >= 0.6 is 11.6 Å². The molecule has 7 nitrogen and oxygen atoms in total. The molecule has 4 rings (SSSR count). The molecule has 0 bridgehead atoms. The van der Waals surface area contributed by atoms with E-state index < -0.39 is 0 Å². The molecule has 3 aromatic rings. The molecule has 0 radical (unpaired) electrons. The van der Waals surface area contributed by atoms with Crippen LogP contribution in [0.5, 0.6) is 0 Å². The second-order valence-corrected chi connectivity index (χ2v) is 6.44. The number of nitrogens with zero attached hydrogens (tertiary/aromatic N) is 5. The van der Waals surface area contributed by atoms with Crippen LogP contribution in [0.2, 0.25) is 5.28 Å². The van der Waals surface area contributed by atoms with E-state index in [9.17, 15) is 0 Å². The van der Waals surface area contributed by atoms with Crippen LogP contribution < -0.4 is 5.32 Å². The van der Waals surface area contributed by atoms with E-state index in [4.69, 9.17) is 16.3 Å². The summed E-state index contributed by atoms with van der Waals surface area (Å²) in [6.07, 6.45) is 6.58. The lowest BCUT2D eigenvalue weighted by Crippen LogP contribution is -2.19. The van der Waals surface area contributed by atoms with Crippen LogP contribution in [0.15, 0.2) is 24.5 Å². The van der Waals surface area contributed by atoms with Gasteiger partial charge in [0, 0.05) is 25.5 Å². The molecule has 1 N–H and O–H groups in total. The molecule has 0 saturated carbocycles. The molecule has 1 aliphatic rings. The quantitative estimate of drug-likeness (QED) is 0.719. The van der Waals surface area contributed by atoms with Crippen molar-refractivity contribution in [2.45, 2.75) is 39.0 Å². The van der Waals surface area contributed by atoms with Gasteiger partial charge in [-0.05, 0) is 55.5 Å². The molecule has 8 heteroatoms. The third-order valence-electron chi connectivity index (χ3n) is 4.34. The summed E-state index contributed by atoms with van der Waals surface area (Å²) < 4.78 is 7.71. The van der Waals surface area contributed by atoms with Gasteiger partial charge < -0.3 is 10.1 Å². The molecule has 25 heavy (non-hydrogen) atoms. The molecule has 130 valence electrons. The molecule has 1 fully saturated rings. The number of anilines is 1. The molecule has 0 aliphatic carbocycles. The summed E-state index contributed by atoms with van der Waals surface area (Å²) >= 11 is 6.17. The van der Waals surface area contributed by atoms with Crippen molar-refractivity contribution < 1.29 is 4.74 Å². The van der Waals surface area contributed by atoms with Crippen molar-refractivity contribution in [1.82, 2.24) is 24.7 Å². The number of pyridine rings is 1. The van der Waals surface area contributed by atoms with Gasteiger partial charge in [-0.25, -0.2) is 4.68 Å². The SMILES string of the molecule is Cc1nn(C2CCCCO2)c2nc(Cl)nc(NCc3ccncc3)c12. The lowest BCUT2D eigenvalue weighted by atomic mass is 10.2. The summed E-state index contributed by atoms with van der Waals surface area (Å²) in [5, 5.41) is 9.07. The molecule has 1 atom stereocenters. The predicted molar refractivity (Wildman–Crippen MR) is 95.5 cm³/mol. The van der Waals surface area contributed by atoms with E-state index in [1.54, 1.807) is 12.4 Å². The van der Waals surface area contributed by atoms with Gasteiger partial charge in [0.05, 0.1) is 11.1 Å². The molecule has 0 spiro atoms. The van der Waals surface area contributed by atoms with Crippen LogP contribution in [0.25, 0.3) is 11.0 Å². The number of ether oxygens (including phenoxy) is 1. The summed E-state index contributed by atoms with van der Waals surface area (Å²) in [5.74, 6) is 0.686. The molecule has 1 aliphatic heterocycles. The summed E-state index contributed by atoms with van der Waals surface area (Å²) in [6, 6.07) is 3.91. The van der Waals surface area contributed by atoms with Crippen LogP contribution in [0.4, 0.5) is 5.82 Å². The third kappa shape index (κ3) is 3.29. The maximum atomic E-state index is 6.17. The third-order valence-corrected chi connectivity index (χ3v) is 4.51. The van der Waals surface area contributed by atoms with E-state index in [-0.39, 0.29) is 11.5 Å². The van der Waals surface area contributed by atoms with Crippen LogP contribution in [0.1, 0.15) is 36.7 Å². The van der Waals surface area contributed by atoms with Crippen molar-refractivity contribution in [2.75, 3.05) is 11.9 Å². The highest BCUT2D eigenvalue weighted by Crippen LogP contribution is 2.31. The topological polar surface area (TPSA) is 77.8 Å². The van der Waals surface area contributed by atoms with E-state index in [2.05, 4.69) is 25.4 Å². The normalized spacial score (nSPS) is 17.8. The maximum Gasteiger partial charge on any atom is 0.226 e. The highest BCUT2D eigenvalue weighted by Gasteiger charge is 2.23. The van der Waals surface area contributed by atoms with Crippen LogP contribution in [0, 0.1) is 6.92 Å². The number of rotatable bonds is 4. The Hall–Kier alpha value is -2.25. The number of fused-ring (bicyclic) bond motifs is 1. The van der Waals surface area contributed by atoms with Gasteiger partial charge in [-0.2, -0.15) is 15.1 Å². The van der Waals surface area contributed by atoms with Gasteiger partial charge in [-0.3, -0.25) is 4.98 Å². The predicted octanol–water partition coefficient (Wildman–Crippen LogP) is 3.49. The van der Waals surface area contributed by atoms with Crippen molar-refractivity contribution in [3.63, 3.8) is 0 Å². The fourth-order valence-electron chi connectivity index (χ4n) is 3.11. The molecule has 4 heterocycles. The van der Waals surface area contributed by atoms with Crippen LogP contribution in [0.3, 0.4) is 0 Å². The molecular formula is C17H19ClN6O. The summed E-state index contributed by atoms with van der Waals surface area (Å²) in [4.78, 5) is 12.8. The lowest BCUT2D eigenvalue weighted by Gasteiger charge is -2.23. The molecule has 0 amide bonds. The fraction of sp³-hybridized carbons (Fsp3) is 0.412. The second-order valence-electron chi connectivity index (χ2n) is 6.10. The zero-order valence-corrected chi connectivity index (χ0v) is 14.7. The maximum absolute atomic E-state index is 6.17. The van der Waals surface area contributed by atoms with Gasteiger partial charge >= 0.3 is 0 Å². The minimum atomic E-state index is -0.0936. The Morgan fingerprint density at radius 3 is 2.88 bits per heavy atom. The average molecular weight is 359 g/mol. The Bertz CT molecular complexity index is 876. The number of aryl methyl sites for hydroxylation is 1. The number of nitrogens with one attached hydrogen (secondary N) is 1. The van der Waals surface area contributed by atoms with Gasteiger partial charge in [-0.15, -0.1) is 0 Å². The zero-order chi connectivity index (χ0) is 17.2. The van der Waals surface area contributed by atoms with Gasteiger partial charge in [0.2, 0.25) is 5.28 Å². The van der Waals surface area contributed by atoms with Crippen LogP contribution in [-0.2, 0) is 11.3 Å². The first-order chi connectivity index (χ1) is 12.2. The number of halogens is 1. The second kappa shape index (κ2) is 6.93. The van der Waals surface area contributed by atoms with Crippen LogP contribution in [-0.4, -0.2) is 31.3 Å². The summed E-state index contributed by atoms with van der Waals surface area (Å²) in [5.41, 5.74) is 2.68. The van der Waals surface area contributed by atoms with E-state index >= 15 is 0 Å². The first-order valence-electron chi connectivity index (χ1n) is 8.39. The van der Waals surface area contributed by atoms with Gasteiger partial charge in [0.15, 0.2) is 11.9 Å². The Labute approximate surface area is 150 Å². The number of hydrogen-bond donors (Lipinski definition) is 1. The molecule has 0 aromatic carbocycles. The van der Waals surface area contributed by atoms with Gasteiger partial charge in [-0.1, -0.05) is 0 Å². The smallest absolute Gasteiger partial charge is 0.226 e.